The van der Waals surface area contributed by atoms with Gasteiger partial charge in [0.1, 0.15) is 6.04 Å². The fourth-order valence-electron chi connectivity index (χ4n) is 2.88. The van der Waals surface area contributed by atoms with Crippen LogP contribution in [-0.4, -0.2) is 52.1 Å². The van der Waals surface area contributed by atoms with Crippen molar-refractivity contribution in [1.82, 2.24) is 10.2 Å². The lowest BCUT2D eigenvalue weighted by molar-refractivity contribution is -0.142. The summed E-state index contributed by atoms with van der Waals surface area (Å²) in [5, 5.41) is 12.7. The Labute approximate surface area is 124 Å². The maximum atomic E-state index is 12.3. The molecule has 0 radical (unpaired) electrons. The number of aliphatic carboxylic acids is 1. The Bertz CT molecular complexity index is 345. The zero-order valence-corrected chi connectivity index (χ0v) is 12.7. The fourth-order valence-corrected chi connectivity index (χ4v) is 4.12. The molecular weight excluding hydrogens is 276 g/mol. The molecule has 2 amide bonds. The maximum absolute atomic E-state index is 12.3. The van der Waals surface area contributed by atoms with Gasteiger partial charge < -0.3 is 15.3 Å². The van der Waals surface area contributed by atoms with Crippen molar-refractivity contribution in [2.75, 3.05) is 18.8 Å². The van der Waals surface area contributed by atoms with Gasteiger partial charge in [0.15, 0.2) is 0 Å². The number of hydrogen-bond donors (Lipinski definition) is 2. The summed E-state index contributed by atoms with van der Waals surface area (Å²) < 4.78 is 0. The molecule has 20 heavy (non-hydrogen) atoms. The number of amides is 2. The zero-order valence-electron chi connectivity index (χ0n) is 11.8. The molecule has 5 nitrogen and oxygen atoms in total. The van der Waals surface area contributed by atoms with Gasteiger partial charge in [-0.25, -0.2) is 9.59 Å². The quantitative estimate of drug-likeness (QED) is 0.839. The topological polar surface area (TPSA) is 69.6 Å². The number of nitrogens with one attached hydrogen (secondary N) is 1. The van der Waals surface area contributed by atoms with Crippen LogP contribution in [0.25, 0.3) is 0 Å². The van der Waals surface area contributed by atoms with Crippen molar-refractivity contribution in [3.63, 3.8) is 0 Å². The molecule has 2 rings (SSSR count). The summed E-state index contributed by atoms with van der Waals surface area (Å²) in [6, 6.07) is -0.859. The number of carboxylic acid groups (broad SMARTS) is 1. The van der Waals surface area contributed by atoms with E-state index in [9.17, 15) is 14.7 Å². The van der Waals surface area contributed by atoms with E-state index in [1.165, 1.54) is 23.5 Å². The average Bonchev–Trinajstić information content (AvgIpc) is 2.71. The first-order valence-corrected chi connectivity index (χ1v) is 8.62. The Morgan fingerprint density at radius 3 is 2.65 bits per heavy atom. The SMILES string of the molecule is O=C(O)C1CCCCCN1C(=O)NCC1CCCCS1. The van der Waals surface area contributed by atoms with Crippen LogP contribution in [0.1, 0.15) is 44.9 Å². The van der Waals surface area contributed by atoms with Crippen LogP contribution in [0.2, 0.25) is 0 Å². The highest BCUT2D eigenvalue weighted by Crippen LogP contribution is 2.24. The van der Waals surface area contributed by atoms with Crippen LogP contribution in [0.5, 0.6) is 0 Å². The molecule has 2 heterocycles. The predicted molar refractivity (Wildman–Crippen MR) is 80.1 cm³/mol. The molecule has 2 fully saturated rings. The van der Waals surface area contributed by atoms with Crippen LogP contribution < -0.4 is 5.32 Å². The highest BCUT2D eigenvalue weighted by Gasteiger charge is 2.30. The molecule has 0 aromatic carbocycles. The van der Waals surface area contributed by atoms with Gasteiger partial charge in [0.2, 0.25) is 0 Å². The molecule has 6 heteroatoms. The van der Waals surface area contributed by atoms with Crippen molar-refractivity contribution >= 4 is 23.8 Å². The van der Waals surface area contributed by atoms with Crippen LogP contribution in [0.3, 0.4) is 0 Å². The van der Waals surface area contributed by atoms with Crippen LogP contribution in [0.15, 0.2) is 0 Å². The molecule has 114 valence electrons. The molecule has 0 aliphatic carbocycles. The third-order valence-corrected chi connectivity index (χ3v) is 5.45. The second-order valence-corrected chi connectivity index (χ2v) is 6.98. The molecule has 0 aromatic rings. The summed E-state index contributed by atoms with van der Waals surface area (Å²) in [5.74, 6) is 0.288. The van der Waals surface area contributed by atoms with Crippen molar-refractivity contribution in [3.8, 4) is 0 Å². The van der Waals surface area contributed by atoms with Crippen molar-refractivity contribution in [3.05, 3.63) is 0 Å². The number of likely N-dealkylation sites (tertiary alicyclic amines) is 1. The second-order valence-electron chi connectivity index (χ2n) is 5.57. The molecule has 2 atom stereocenters. The minimum atomic E-state index is -0.880. The lowest BCUT2D eigenvalue weighted by Gasteiger charge is -2.28. The number of thioether (sulfide) groups is 1. The largest absolute Gasteiger partial charge is 0.480 e. The number of nitrogens with zero attached hydrogens (tertiary/aromatic N) is 1. The van der Waals surface area contributed by atoms with Gasteiger partial charge in [-0.2, -0.15) is 11.8 Å². The summed E-state index contributed by atoms with van der Waals surface area (Å²) in [6.07, 6.45) is 7.01. The van der Waals surface area contributed by atoms with Gasteiger partial charge >= 0.3 is 12.0 Å². The van der Waals surface area contributed by atoms with Crippen molar-refractivity contribution in [1.29, 1.82) is 0 Å². The van der Waals surface area contributed by atoms with Gasteiger partial charge in [0.25, 0.3) is 0 Å². The molecule has 2 unspecified atom stereocenters. The first kappa shape index (κ1) is 15.5. The van der Waals surface area contributed by atoms with Gasteiger partial charge in [-0.05, 0) is 31.4 Å². The summed E-state index contributed by atoms with van der Waals surface area (Å²) in [5.41, 5.74) is 0. The molecule has 2 saturated heterocycles. The Morgan fingerprint density at radius 1 is 1.15 bits per heavy atom. The zero-order chi connectivity index (χ0) is 14.4. The van der Waals surface area contributed by atoms with Crippen LogP contribution in [0, 0.1) is 0 Å². The van der Waals surface area contributed by atoms with Gasteiger partial charge in [0, 0.05) is 18.3 Å². The first-order valence-electron chi connectivity index (χ1n) is 7.57. The Hall–Kier alpha value is -0.910. The van der Waals surface area contributed by atoms with Crippen molar-refractivity contribution in [2.24, 2.45) is 0 Å². The highest BCUT2D eigenvalue weighted by atomic mass is 32.2. The maximum Gasteiger partial charge on any atom is 0.326 e. The summed E-state index contributed by atoms with van der Waals surface area (Å²) in [7, 11) is 0. The lowest BCUT2D eigenvalue weighted by Crippen LogP contribution is -2.50. The third kappa shape index (κ3) is 4.30. The van der Waals surface area contributed by atoms with Gasteiger partial charge in [-0.1, -0.05) is 19.3 Å². The monoisotopic (exact) mass is 300 g/mol. The predicted octanol–water partition coefficient (Wildman–Crippen LogP) is 2.31. The van der Waals surface area contributed by atoms with E-state index in [1.54, 1.807) is 0 Å². The van der Waals surface area contributed by atoms with Gasteiger partial charge in [0.05, 0.1) is 0 Å². The summed E-state index contributed by atoms with van der Waals surface area (Å²) in [4.78, 5) is 25.1. The van der Waals surface area contributed by atoms with E-state index in [0.717, 1.165) is 25.7 Å². The molecule has 2 aliphatic rings. The smallest absolute Gasteiger partial charge is 0.326 e. The van der Waals surface area contributed by atoms with E-state index in [2.05, 4.69) is 5.32 Å². The fraction of sp³-hybridized carbons (Fsp3) is 0.857. The summed E-state index contributed by atoms with van der Waals surface area (Å²) in [6.45, 7) is 1.22. The first-order chi connectivity index (χ1) is 9.68. The Morgan fingerprint density at radius 2 is 1.95 bits per heavy atom. The Balaban J connectivity index is 1.86. The van der Waals surface area contributed by atoms with Crippen molar-refractivity contribution < 1.29 is 14.7 Å². The van der Waals surface area contributed by atoms with E-state index in [4.69, 9.17) is 0 Å². The number of urea groups is 1. The number of hydrogen-bond acceptors (Lipinski definition) is 3. The highest BCUT2D eigenvalue weighted by molar-refractivity contribution is 7.99. The van der Waals surface area contributed by atoms with E-state index >= 15 is 0 Å². The van der Waals surface area contributed by atoms with Gasteiger partial charge in [-0.3, -0.25) is 0 Å². The van der Waals surface area contributed by atoms with E-state index in [-0.39, 0.29) is 6.03 Å². The molecule has 2 aliphatic heterocycles. The lowest BCUT2D eigenvalue weighted by atomic mass is 10.1. The number of rotatable bonds is 3. The third-order valence-electron chi connectivity index (χ3n) is 4.05. The molecule has 0 spiro atoms. The molecule has 2 N–H and O–H groups in total. The van der Waals surface area contributed by atoms with E-state index in [0.29, 0.717) is 24.8 Å². The second kappa shape index (κ2) is 7.76. The van der Waals surface area contributed by atoms with Crippen molar-refractivity contribution in [2.45, 2.75) is 56.2 Å². The summed E-state index contributed by atoms with van der Waals surface area (Å²) >= 11 is 1.91. The number of carboxylic acids is 1. The number of carbonyl (C=O) groups excluding carboxylic acids is 1. The van der Waals surface area contributed by atoms with Gasteiger partial charge in [-0.15, -0.1) is 0 Å². The molecule has 0 bridgehead atoms. The minimum absolute atomic E-state index is 0.203. The van der Waals surface area contributed by atoms with Crippen LogP contribution in [-0.2, 0) is 4.79 Å². The molecular formula is C14H24N2O3S. The van der Waals surface area contributed by atoms with E-state index in [1.807, 2.05) is 11.8 Å². The van der Waals surface area contributed by atoms with E-state index < -0.39 is 12.0 Å². The van der Waals surface area contributed by atoms with Crippen LogP contribution >= 0.6 is 11.8 Å². The standard InChI is InChI=1S/C14H24N2O3S/c17-13(18)12-7-2-1-4-8-16(12)14(19)15-10-11-6-3-5-9-20-11/h11-12H,1-10H2,(H,15,19)(H,17,18). The number of carbonyl (C=O) groups is 2. The minimum Gasteiger partial charge on any atom is -0.480 e. The average molecular weight is 300 g/mol. The normalized spacial score (nSPS) is 27.7. The van der Waals surface area contributed by atoms with Crippen LogP contribution in [0.4, 0.5) is 4.79 Å². The molecule has 0 aromatic heterocycles. The Kier molecular flexibility index (Phi) is 6.01. The molecule has 0 saturated carbocycles.